The summed E-state index contributed by atoms with van der Waals surface area (Å²) in [6.45, 7) is 9.05. The van der Waals surface area contributed by atoms with Crippen molar-refractivity contribution in [3.63, 3.8) is 0 Å². The lowest BCUT2D eigenvalue weighted by atomic mass is 9.98. The molecule has 0 saturated carbocycles. The third-order valence-electron chi connectivity index (χ3n) is 7.01. The van der Waals surface area contributed by atoms with Crippen LogP contribution in [0.1, 0.15) is 24.1 Å². The lowest BCUT2D eigenvalue weighted by molar-refractivity contribution is 0.202. The van der Waals surface area contributed by atoms with Crippen LogP contribution in [0.4, 0.5) is 11.6 Å². The second-order valence-electron chi connectivity index (χ2n) is 9.08. The van der Waals surface area contributed by atoms with Crippen LogP contribution in [0.25, 0.3) is 5.69 Å². The van der Waals surface area contributed by atoms with Crippen molar-refractivity contribution in [1.29, 1.82) is 0 Å². The number of aromatic nitrogens is 4. The van der Waals surface area contributed by atoms with Crippen molar-refractivity contribution in [3.05, 3.63) is 60.2 Å². The molecule has 0 unspecified atom stereocenters. The van der Waals surface area contributed by atoms with Gasteiger partial charge in [0.1, 0.15) is 0 Å². The van der Waals surface area contributed by atoms with Gasteiger partial charge < -0.3 is 14.9 Å². The Morgan fingerprint density at radius 2 is 1.50 bits per heavy atom. The predicted octanol–water partition coefficient (Wildman–Crippen LogP) is 2.92. The first-order chi connectivity index (χ1) is 16.2. The van der Waals surface area contributed by atoms with E-state index in [-0.39, 0.29) is 19.0 Å². The third kappa shape index (κ3) is 5.19. The maximum atomic E-state index is 9.45. The van der Waals surface area contributed by atoms with Gasteiger partial charge in [-0.1, -0.05) is 18.2 Å². The first kappa shape index (κ1) is 24.4. The first-order valence-corrected chi connectivity index (χ1v) is 12.0. The monoisotopic (exact) mass is 483 g/mol. The number of halogens is 1. The van der Waals surface area contributed by atoms with Crippen LogP contribution in [-0.2, 0) is 6.54 Å². The molecule has 2 aliphatic heterocycles. The molecule has 1 aromatic carbocycles. The number of rotatable bonds is 6. The van der Waals surface area contributed by atoms with E-state index in [1.165, 1.54) is 11.3 Å². The zero-order chi connectivity index (χ0) is 22.6. The van der Waals surface area contributed by atoms with Crippen LogP contribution in [0.15, 0.2) is 48.9 Å². The Morgan fingerprint density at radius 1 is 0.882 bits per heavy atom. The molecule has 0 amide bonds. The predicted molar refractivity (Wildman–Crippen MR) is 137 cm³/mol. The molecule has 182 valence electrons. The Morgan fingerprint density at radius 3 is 2.12 bits per heavy atom. The molecule has 0 bridgehead atoms. The summed E-state index contributed by atoms with van der Waals surface area (Å²) >= 11 is 0. The van der Waals surface area contributed by atoms with Gasteiger partial charge in [0.05, 0.1) is 11.9 Å². The fourth-order valence-electron chi connectivity index (χ4n) is 4.88. The molecule has 3 aromatic rings. The van der Waals surface area contributed by atoms with E-state index < -0.39 is 0 Å². The molecule has 0 aliphatic carbocycles. The molecule has 5 rings (SSSR count). The Kier molecular flexibility index (Phi) is 8.03. The highest BCUT2D eigenvalue weighted by Gasteiger charge is 2.26. The largest absolute Gasteiger partial charge is 0.396 e. The van der Waals surface area contributed by atoms with Crippen molar-refractivity contribution in [2.24, 2.45) is 5.92 Å². The highest BCUT2D eigenvalue weighted by atomic mass is 35.5. The van der Waals surface area contributed by atoms with E-state index >= 15 is 0 Å². The topological polar surface area (TPSA) is 73.6 Å². The Bertz CT molecular complexity index is 1040. The standard InChI is InChI=1S/C25H33N7O.ClH/c1-20-22(17-28-32(20)23-5-3-2-4-6-23)18-29-13-15-31(16-14-29)25-24(26-9-10-27-25)30-11-7-21(19-33)8-12-30;/h2-6,9-10,17,21,33H,7-8,11-16,18-19H2,1H3;1H. The van der Waals surface area contributed by atoms with Gasteiger partial charge in [0, 0.05) is 76.1 Å². The second kappa shape index (κ2) is 11.2. The Labute approximate surface area is 207 Å². The van der Waals surface area contributed by atoms with Crippen LogP contribution in [0.5, 0.6) is 0 Å². The highest BCUT2D eigenvalue weighted by Crippen LogP contribution is 2.29. The first-order valence-electron chi connectivity index (χ1n) is 12.0. The lowest BCUT2D eigenvalue weighted by Gasteiger charge is -2.38. The van der Waals surface area contributed by atoms with Gasteiger partial charge in [-0.2, -0.15) is 5.10 Å². The maximum absolute atomic E-state index is 9.45. The zero-order valence-electron chi connectivity index (χ0n) is 19.8. The number of piperidine rings is 1. The van der Waals surface area contributed by atoms with Gasteiger partial charge in [-0.25, -0.2) is 14.6 Å². The summed E-state index contributed by atoms with van der Waals surface area (Å²) in [5, 5.41) is 14.1. The zero-order valence-corrected chi connectivity index (χ0v) is 20.6. The van der Waals surface area contributed by atoms with Gasteiger partial charge in [-0.05, 0) is 37.8 Å². The van der Waals surface area contributed by atoms with Crippen LogP contribution in [0.2, 0.25) is 0 Å². The van der Waals surface area contributed by atoms with Crippen molar-refractivity contribution in [1.82, 2.24) is 24.6 Å². The average molecular weight is 484 g/mol. The summed E-state index contributed by atoms with van der Waals surface area (Å²) in [6.07, 6.45) is 7.62. The van der Waals surface area contributed by atoms with Gasteiger partial charge in [0.15, 0.2) is 11.6 Å². The third-order valence-corrected chi connectivity index (χ3v) is 7.01. The minimum atomic E-state index is 0. The quantitative estimate of drug-likeness (QED) is 0.577. The van der Waals surface area contributed by atoms with Gasteiger partial charge in [0.2, 0.25) is 0 Å². The molecule has 34 heavy (non-hydrogen) atoms. The fraction of sp³-hybridized carbons (Fsp3) is 0.480. The average Bonchev–Trinajstić information content (AvgIpc) is 3.25. The van der Waals surface area contributed by atoms with Crippen molar-refractivity contribution < 1.29 is 5.11 Å². The molecule has 1 N–H and O–H groups in total. The summed E-state index contributed by atoms with van der Waals surface area (Å²) < 4.78 is 2.03. The van der Waals surface area contributed by atoms with E-state index in [2.05, 4.69) is 38.9 Å². The van der Waals surface area contributed by atoms with Gasteiger partial charge in [-0.15, -0.1) is 12.4 Å². The van der Waals surface area contributed by atoms with Gasteiger partial charge in [0.25, 0.3) is 0 Å². The van der Waals surface area contributed by atoms with Crippen LogP contribution < -0.4 is 9.80 Å². The Balaban J connectivity index is 0.00000274. The molecular weight excluding hydrogens is 450 g/mol. The number of piperazine rings is 1. The molecular formula is C25H34ClN7O. The highest BCUT2D eigenvalue weighted by molar-refractivity contribution is 5.85. The molecule has 0 spiro atoms. The number of hydrogen-bond donors (Lipinski definition) is 1. The molecule has 9 heteroatoms. The summed E-state index contributed by atoms with van der Waals surface area (Å²) in [6, 6.07) is 10.3. The molecule has 8 nitrogen and oxygen atoms in total. The number of aliphatic hydroxyl groups is 1. The lowest BCUT2D eigenvalue weighted by Crippen LogP contribution is -2.47. The summed E-state index contributed by atoms with van der Waals surface area (Å²) in [4.78, 5) is 16.6. The van der Waals surface area contributed by atoms with Gasteiger partial charge >= 0.3 is 0 Å². The minimum Gasteiger partial charge on any atom is -0.396 e. The van der Waals surface area contributed by atoms with E-state index in [1.807, 2.05) is 29.1 Å². The van der Waals surface area contributed by atoms with Crippen LogP contribution in [0, 0.1) is 12.8 Å². The minimum absolute atomic E-state index is 0. The summed E-state index contributed by atoms with van der Waals surface area (Å²) in [7, 11) is 0. The number of anilines is 2. The number of aliphatic hydroxyl groups excluding tert-OH is 1. The molecule has 0 atom stereocenters. The second-order valence-corrected chi connectivity index (χ2v) is 9.08. The molecule has 4 heterocycles. The van der Waals surface area contributed by atoms with Crippen LogP contribution >= 0.6 is 12.4 Å². The molecule has 2 saturated heterocycles. The molecule has 0 radical (unpaired) electrons. The number of benzene rings is 1. The summed E-state index contributed by atoms with van der Waals surface area (Å²) in [5.41, 5.74) is 3.58. The molecule has 2 fully saturated rings. The summed E-state index contributed by atoms with van der Waals surface area (Å²) in [5.74, 6) is 2.40. The van der Waals surface area contributed by atoms with Crippen molar-refractivity contribution in [2.75, 3.05) is 55.7 Å². The van der Waals surface area contributed by atoms with Crippen molar-refractivity contribution in [2.45, 2.75) is 26.3 Å². The van der Waals surface area contributed by atoms with Crippen molar-refractivity contribution in [3.8, 4) is 5.69 Å². The molecule has 2 aromatic heterocycles. The van der Waals surface area contributed by atoms with E-state index in [0.717, 1.165) is 76.0 Å². The van der Waals surface area contributed by atoms with Crippen LogP contribution in [-0.4, -0.2) is 75.6 Å². The maximum Gasteiger partial charge on any atom is 0.172 e. The van der Waals surface area contributed by atoms with Crippen molar-refractivity contribution >= 4 is 24.0 Å². The Hall–Kier alpha value is -2.68. The number of para-hydroxylation sites is 1. The van der Waals surface area contributed by atoms with E-state index in [4.69, 9.17) is 9.97 Å². The SMILES string of the molecule is Cc1c(CN2CCN(c3nccnc3N3CCC(CO)CC3)CC2)cnn1-c1ccccc1.Cl. The normalized spacial score (nSPS) is 17.6. The van der Waals surface area contributed by atoms with Gasteiger partial charge in [-0.3, -0.25) is 4.90 Å². The molecule has 2 aliphatic rings. The number of hydrogen-bond acceptors (Lipinski definition) is 7. The smallest absolute Gasteiger partial charge is 0.172 e. The number of nitrogens with zero attached hydrogens (tertiary/aromatic N) is 7. The van der Waals surface area contributed by atoms with E-state index in [1.54, 1.807) is 12.4 Å². The van der Waals surface area contributed by atoms with Crippen LogP contribution in [0.3, 0.4) is 0 Å². The fourth-order valence-corrected chi connectivity index (χ4v) is 4.88. The van der Waals surface area contributed by atoms with E-state index in [0.29, 0.717) is 5.92 Å². The van der Waals surface area contributed by atoms with E-state index in [9.17, 15) is 5.11 Å².